The number of anilines is 1. The van der Waals surface area contributed by atoms with Gasteiger partial charge in [0.25, 0.3) is 0 Å². The summed E-state index contributed by atoms with van der Waals surface area (Å²) in [7, 11) is 1.63. The summed E-state index contributed by atoms with van der Waals surface area (Å²) in [6, 6.07) is 6.40. The van der Waals surface area contributed by atoms with Crippen molar-refractivity contribution in [3.8, 4) is 5.75 Å². The molecule has 0 amide bonds. The number of methoxy groups -OCH3 is 1. The first-order chi connectivity index (χ1) is 10.2. The molecule has 1 atom stereocenters. The van der Waals surface area contributed by atoms with Crippen LogP contribution in [-0.2, 0) is 13.0 Å². The van der Waals surface area contributed by atoms with E-state index in [2.05, 4.69) is 27.9 Å². The van der Waals surface area contributed by atoms with Gasteiger partial charge in [0.15, 0.2) is 0 Å². The maximum absolute atomic E-state index is 5.93. The van der Waals surface area contributed by atoms with E-state index in [0.29, 0.717) is 11.7 Å². The van der Waals surface area contributed by atoms with Gasteiger partial charge in [-0.15, -0.1) is 0 Å². The lowest BCUT2D eigenvalue weighted by Gasteiger charge is -2.15. The molecule has 1 unspecified atom stereocenters. The molecule has 0 saturated carbocycles. The van der Waals surface area contributed by atoms with E-state index in [1.165, 1.54) is 5.56 Å². The molecule has 5 nitrogen and oxygen atoms in total. The molecule has 1 heterocycles. The number of benzene rings is 1. The molecule has 1 aromatic heterocycles. The van der Waals surface area contributed by atoms with Gasteiger partial charge in [0.2, 0.25) is 0 Å². The highest BCUT2D eigenvalue weighted by Gasteiger charge is 2.05. The summed E-state index contributed by atoms with van der Waals surface area (Å²) < 4.78 is 7.27. The summed E-state index contributed by atoms with van der Waals surface area (Å²) in [5.74, 6) is 0.736. The molecular formula is C16H24N4O. The summed E-state index contributed by atoms with van der Waals surface area (Å²) in [6.07, 6.45) is 7.70. The van der Waals surface area contributed by atoms with E-state index < -0.39 is 0 Å². The number of aromatic nitrogens is 2. The minimum absolute atomic E-state index is 0.417. The molecule has 0 radical (unpaired) electrons. The van der Waals surface area contributed by atoms with Crippen LogP contribution in [0, 0.1) is 0 Å². The monoisotopic (exact) mass is 288 g/mol. The maximum Gasteiger partial charge on any atom is 0.141 e. The van der Waals surface area contributed by atoms with Crippen molar-refractivity contribution < 1.29 is 4.74 Å². The van der Waals surface area contributed by atoms with Gasteiger partial charge in [0.1, 0.15) is 5.75 Å². The normalized spacial score (nSPS) is 12.3. The van der Waals surface area contributed by atoms with Crippen molar-refractivity contribution >= 4 is 5.69 Å². The number of hydrogen-bond donors (Lipinski definition) is 2. The predicted octanol–water partition coefficient (Wildman–Crippen LogP) is 2.08. The van der Waals surface area contributed by atoms with E-state index in [1.807, 2.05) is 30.9 Å². The first-order valence-electron chi connectivity index (χ1n) is 7.30. The maximum atomic E-state index is 5.93. The molecule has 0 bridgehead atoms. The summed E-state index contributed by atoms with van der Waals surface area (Å²) >= 11 is 0. The number of nitrogen functional groups attached to an aromatic ring is 1. The van der Waals surface area contributed by atoms with Crippen molar-refractivity contribution in [2.45, 2.75) is 32.4 Å². The SMILES string of the molecule is COc1ccc(CC(C)NCCCn2ccnc2)cc1N. The first-order valence-corrected chi connectivity index (χ1v) is 7.30. The number of aryl methyl sites for hydroxylation is 1. The molecule has 2 aromatic rings. The Morgan fingerprint density at radius 2 is 2.29 bits per heavy atom. The second-order valence-corrected chi connectivity index (χ2v) is 5.29. The molecule has 1 aromatic carbocycles. The molecule has 114 valence electrons. The first kappa shape index (κ1) is 15.4. The van der Waals surface area contributed by atoms with Crippen LogP contribution >= 0.6 is 0 Å². The van der Waals surface area contributed by atoms with Crippen LogP contribution in [0.3, 0.4) is 0 Å². The lowest BCUT2D eigenvalue weighted by molar-refractivity contribution is 0.416. The van der Waals surface area contributed by atoms with Crippen molar-refractivity contribution in [2.24, 2.45) is 0 Å². The number of nitrogens with one attached hydrogen (secondary N) is 1. The number of nitrogens with two attached hydrogens (primary N) is 1. The Hall–Kier alpha value is -2.01. The van der Waals surface area contributed by atoms with E-state index >= 15 is 0 Å². The van der Waals surface area contributed by atoms with E-state index in [1.54, 1.807) is 7.11 Å². The minimum atomic E-state index is 0.417. The van der Waals surface area contributed by atoms with Gasteiger partial charge >= 0.3 is 0 Å². The molecule has 5 heteroatoms. The van der Waals surface area contributed by atoms with Crippen LogP contribution in [0.5, 0.6) is 5.75 Å². The number of nitrogens with zero attached hydrogens (tertiary/aromatic N) is 2. The average Bonchev–Trinajstić information content (AvgIpc) is 2.97. The van der Waals surface area contributed by atoms with Crippen molar-refractivity contribution in [1.82, 2.24) is 14.9 Å². The van der Waals surface area contributed by atoms with Crippen LogP contribution in [0.15, 0.2) is 36.9 Å². The Balaban J connectivity index is 1.71. The van der Waals surface area contributed by atoms with Crippen molar-refractivity contribution in [3.63, 3.8) is 0 Å². The van der Waals surface area contributed by atoms with Crippen molar-refractivity contribution in [3.05, 3.63) is 42.5 Å². The fourth-order valence-corrected chi connectivity index (χ4v) is 2.37. The smallest absolute Gasteiger partial charge is 0.141 e. The lowest BCUT2D eigenvalue weighted by Crippen LogP contribution is -2.29. The molecule has 0 aliphatic heterocycles. The zero-order valence-corrected chi connectivity index (χ0v) is 12.7. The van der Waals surface area contributed by atoms with Crippen LogP contribution in [0.1, 0.15) is 18.9 Å². The topological polar surface area (TPSA) is 65.1 Å². The summed E-state index contributed by atoms with van der Waals surface area (Å²) in [6.45, 7) is 4.18. The number of ether oxygens (including phenoxy) is 1. The van der Waals surface area contributed by atoms with Crippen LogP contribution in [0.25, 0.3) is 0 Å². The van der Waals surface area contributed by atoms with Crippen molar-refractivity contribution in [1.29, 1.82) is 0 Å². The molecule has 3 N–H and O–H groups in total. The van der Waals surface area contributed by atoms with Gasteiger partial charge in [0, 0.05) is 25.0 Å². The molecule has 0 saturated heterocycles. The standard InChI is InChI=1S/C16H24N4O/c1-13(19-6-3-8-20-9-7-18-12-20)10-14-4-5-16(21-2)15(17)11-14/h4-5,7,9,11-13,19H,3,6,8,10,17H2,1-2H3. The summed E-state index contributed by atoms with van der Waals surface area (Å²) in [4.78, 5) is 4.03. The predicted molar refractivity (Wildman–Crippen MR) is 85.4 cm³/mol. The molecule has 0 fully saturated rings. The molecule has 0 spiro atoms. The Morgan fingerprint density at radius 1 is 1.43 bits per heavy atom. The molecule has 0 aliphatic rings. The van der Waals surface area contributed by atoms with Crippen LogP contribution < -0.4 is 15.8 Å². The average molecular weight is 288 g/mol. The second-order valence-electron chi connectivity index (χ2n) is 5.29. The van der Waals surface area contributed by atoms with Gasteiger partial charge in [-0.05, 0) is 44.0 Å². The largest absolute Gasteiger partial charge is 0.495 e. The molecule has 2 rings (SSSR count). The highest BCUT2D eigenvalue weighted by Crippen LogP contribution is 2.22. The molecule has 21 heavy (non-hydrogen) atoms. The lowest BCUT2D eigenvalue weighted by atomic mass is 10.1. The molecule has 0 aliphatic carbocycles. The molecular weight excluding hydrogens is 264 g/mol. The summed E-state index contributed by atoms with van der Waals surface area (Å²) in [5.41, 5.74) is 7.85. The van der Waals surface area contributed by atoms with E-state index in [0.717, 1.165) is 31.7 Å². The number of rotatable bonds is 8. The van der Waals surface area contributed by atoms with Gasteiger partial charge in [-0.2, -0.15) is 0 Å². The Labute approximate surface area is 126 Å². The third kappa shape index (κ3) is 4.79. The third-order valence-electron chi connectivity index (χ3n) is 3.48. The highest BCUT2D eigenvalue weighted by molar-refractivity contribution is 5.54. The highest BCUT2D eigenvalue weighted by atomic mass is 16.5. The third-order valence-corrected chi connectivity index (χ3v) is 3.48. The van der Waals surface area contributed by atoms with E-state index in [-0.39, 0.29) is 0 Å². The number of imidazole rings is 1. The van der Waals surface area contributed by atoms with Gasteiger partial charge in [0.05, 0.1) is 19.1 Å². The zero-order chi connectivity index (χ0) is 15.1. The fourth-order valence-electron chi connectivity index (χ4n) is 2.37. The van der Waals surface area contributed by atoms with Crippen LogP contribution in [0.2, 0.25) is 0 Å². The van der Waals surface area contributed by atoms with E-state index in [4.69, 9.17) is 10.5 Å². The Morgan fingerprint density at radius 3 is 2.95 bits per heavy atom. The minimum Gasteiger partial charge on any atom is -0.495 e. The van der Waals surface area contributed by atoms with Gasteiger partial charge in [-0.3, -0.25) is 0 Å². The van der Waals surface area contributed by atoms with E-state index in [9.17, 15) is 0 Å². The quantitative estimate of drug-likeness (QED) is 0.576. The number of hydrogen-bond acceptors (Lipinski definition) is 4. The zero-order valence-electron chi connectivity index (χ0n) is 12.7. The van der Waals surface area contributed by atoms with Gasteiger partial charge < -0.3 is 20.4 Å². The van der Waals surface area contributed by atoms with Gasteiger partial charge in [-0.1, -0.05) is 6.07 Å². The van der Waals surface area contributed by atoms with Gasteiger partial charge in [-0.25, -0.2) is 4.98 Å². The Bertz CT molecular complexity index is 539. The van der Waals surface area contributed by atoms with Crippen molar-refractivity contribution in [2.75, 3.05) is 19.4 Å². The summed E-state index contributed by atoms with van der Waals surface area (Å²) in [5, 5.41) is 3.54. The van der Waals surface area contributed by atoms with Crippen LogP contribution in [-0.4, -0.2) is 29.2 Å². The Kier molecular flexibility index (Phi) is 5.63. The van der Waals surface area contributed by atoms with Crippen LogP contribution in [0.4, 0.5) is 5.69 Å². The second kappa shape index (κ2) is 7.69. The fraction of sp³-hybridized carbons (Fsp3) is 0.438.